The maximum Gasteiger partial charge on any atom is 0.341 e. The van der Waals surface area contributed by atoms with Crippen LogP contribution >= 0.6 is 0 Å². The van der Waals surface area contributed by atoms with Gasteiger partial charge in [0.25, 0.3) is 0 Å². The molecule has 23 heavy (non-hydrogen) atoms. The largest absolute Gasteiger partial charge is 0.487 e. The van der Waals surface area contributed by atoms with Gasteiger partial charge >= 0.3 is 12.6 Å². The summed E-state index contributed by atoms with van der Waals surface area (Å²) in [4.78, 5) is 11.4. The highest BCUT2D eigenvalue weighted by Crippen LogP contribution is 2.26. The number of halogens is 2. The van der Waals surface area contributed by atoms with Gasteiger partial charge in [-0.1, -0.05) is 23.4 Å². The summed E-state index contributed by atoms with van der Waals surface area (Å²) in [6.45, 7) is -1.09. The number of anilines is 1. The molecule has 0 spiro atoms. The quantitative estimate of drug-likeness (QED) is 0.557. The van der Waals surface area contributed by atoms with E-state index in [1.165, 1.54) is 6.07 Å². The zero-order chi connectivity index (χ0) is 16.8. The lowest BCUT2D eigenvalue weighted by atomic mass is 10.2. The topological polar surface area (TPSA) is 91.5 Å². The number of alkyl halides is 2. The number of nitrogens with one attached hydrogen (secondary N) is 3. The Kier molecular flexibility index (Phi) is 5.23. The minimum atomic E-state index is -2.77. The zero-order valence-corrected chi connectivity index (χ0v) is 12.2. The fourth-order valence-corrected chi connectivity index (χ4v) is 1.99. The van der Waals surface area contributed by atoms with Crippen LogP contribution in [0.15, 0.2) is 41.8 Å². The number of urea groups is 1. The van der Waals surface area contributed by atoms with Crippen molar-refractivity contribution in [1.82, 2.24) is 9.99 Å². The molecule has 2 rings (SSSR count). The molecule has 122 valence electrons. The van der Waals surface area contributed by atoms with Crippen LogP contribution in [0.1, 0.15) is 17.8 Å². The van der Waals surface area contributed by atoms with Gasteiger partial charge in [-0.25, -0.2) is 10.2 Å². The second kappa shape index (κ2) is 7.34. The second-order valence-corrected chi connectivity index (χ2v) is 4.59. The van der Waals surface area contributed by atoms with Crippen LogP contribution < -0.4 is 15.5 Å². The Morgan fingerprint density at radius 3 is 2.78 bits per heavy atom. The van der Waals surface area contributed by atoms with Crippen molar-refractivity contribution in [3.63, 3.8) is 0 Å². The van der Waals surface area contributed by atoms with Crippen LogP contribution in [-0.2, 0) is 6.61 Å². The molecule has 0 saturated heterocycles. The Balaban J connectivity index is 2.20. The van der Waals surface area contributed by atoms with E-state index in [1.54, 1.807) is 12.1 Å². The first-order valence-electron chi connectivity index (χ1n) is 6.62. The van der Waals surface area contributed by atoms with Crippen LogP contribution in [0, 0.1) is 12.5 Å². The van der Waals surface area contributed by atoms with E-state index in [9.17, 15) is 13.6 Å². The number of hydrogen-bond donors (Lipinski definition) is 3. The summed E-state index contributed by atoms with van der Waals surface area (Å²) < 4.78 is 32.4. The Hall–Kier alpha value is -2.97. The molecule has 0 atom stereocenters. The first-order valence-corrected chi connectivity index (χ1v) is 6.62. The smallest absolute Gasteiger partial charge is 0.341 e. The maximum absolute atomic E-state index is 13.1. The van der Waals surface area contributed by atoms with Crippen LogP contribution in [0.5, 0.6) is 5.75 Å². The normalized spacial score (nSPS) is 10.4. The first kappa shape index (κ1) is 16.4. The molecule has 0 bridgehead atoms. The Morgan fingerprint density at radius 1 is 1.39 bits per heavy atom. The monoisotopic (exact) mass is 323 g/mol. The van der Waals surface area contributed by atoms with E-state index in [0.717, 1.165) is 11.8 Å². The molecular formula is C14H15F2N5O2. The number of nitrogens with zero attached hydrogens (tertiary/aromatic N) is 2. The van der Waals surface area contributed by atoms with E-state index in [1.807, 2.05) is 24.5 Å². The number of carbonyl (C=O) groups excluding carboxylic acids is 1. The van der Waals surface area contributed by atoms with E-state index < -0.39 is 12.6 Å². The molecule has 3 N–H and O–H groups in total. The highest BCUT2D eigenvalue weighted by atomic mass is 19.3. The zero-order valence-electron chi connectivity index (χ0n) is 12.2. The summed E-state index contributed by atoms with van der Waals surface area (Å²) in [6, 6.07) is 7.70. The molecule has 1 heterocycles. The lowest BCUT2D eigenvalue weighted by Crippen LogP contribution is -2.24. The van der Waals surface area contributed by atoms with Crippen LogP contribution in [0.4, 0.5) is 19.3 Å². The van der Waals surface area contributed by atoms with Crippen molar-refractivity contribution in [3.05, 3.63) is 47.8 Å². The van der Waals surface area contributed by atoms with E-state index in [-0.39, 0.29) is 18.0 Å². The number of benzene rings is 1. The lowest BCUT2D eigenvalue weighted by Gasteiger charge is -2.13. The van der Waals surface area contributed by atoms with Crippen molar-refractivity contribution >= 4 is 11.7 Å². The molecular weight excluding hydrogens is 308 g/mol. The van der Waals surface area contributed by atoms with Gasteiger partial charge in [0, 0.05) is 6.20 Å². The van der Waals surface area contributed by atoms with Gasteiger partial charge in [0.05, 0.1) is 11.4 Å². The Labute approximate surface area is 130 Å². The summed E-state index contributed by atoms with van der Waals surface area (Å²) in [5.74, 6) is 0.561. The summed E-state index contributed by atoms with van der Waals surface area (Å²) in [7, 11) is 0. The standard InChI is InChI=1S/C14H15F2N5O2/c1-9-4-2-3-5-12(9)23-8-11-10(18-14(22)19-20-17)6-7-21(11)13(15)16/h2-7,13H,8H2,1H3,(H3,17,18,19,22). The third kappa shape index (κ3) is 4.02. The predicted octanol–water partition coefficient (Wildman–Crippen LogP) is 3.84. The van der Waals surface area contributed by atoms with Gasteiger partial charge in [0.15, 0.2) is 0 Å². The molecule has 7 nitrogen and oxygen atoms in total. The highest BCUT2D eigenvalue weighted by Gasteiger charge is 2.17. The van der Waals surface area contributed by atoms with E-state index in [0.29, 0.717) is 10.3 Å². The SMILES string of the molecule is Cc1ccccc1OCc1c(NC(=O)NN=N)ccn1C(F)F. The van der Waals surface area contributed by atoms with Crippen LogP contribution in [0.2, 0.25) is 0 Å². The number of aryl methyl sites for hydroxylation is 1. The lowest BCUT2D eigenvalue weighted by molar-refractivity contribution is 0.0644. The number of ether oxygens (including phenoxy) is 1. The van der Waals surface area contributed by atoms with Crippen molar-refractivity contribution in [3.8, 4) is 5.75 Å². The molecule has 1 aromatic heterocycles. The number of rotatable bonds is 6. The fraction of sp³-hybridized carbons (Fsp3) is 0.214. The summed E-state index contributed by atoms with van der Waals surface area (Å²) >= 11 is 0. The highest BCUT2D eigenvalue weighted by molar-refractivity contribution is 5.89. The molecule has 9 heteroatoms. The fourth-order valence-electron chi connectivity index (χ4n) is 1.99. The van der Waals surface area contributed by atoms with Crippen LogP contribution in [0.25, 0.3) is 0 Å². The number of aromatic nitrogens is 1. The number of carbonyl (C=O) groups is 1. The van der Waals surface area contributed by atoms with Gasteiger partial charge in [0.2, 0.25) is 0 Å². The molecule has 0 aliphatic heterocycles. The molecule has 0 aliphatic rings. The molecule has 1 aromatic carbocycles. The van der Waals surface area contributed by atoms with Crippen molar-refractivity contribution in [2.45, 2.75) is 20.1 Å². The number of amides is 2. The van der Waals surface area contributed by atoms with Crippen molar-refractivity contribution in [2.75, 3.05) is 5.32 Å². The second-order valence-electron chi connectivity index (χ2n) is 4.59. The Morgan fingerprint density at radius 2 is 2.13 bits per heavy atom. The molecule has 2 aromatic rings. The van der Waals surface area contributed by atoms with Crippen LogP contribution in [-0.4, -0.2) is 10.6 Å². The summed E-state index contributed by atoms with van der Waals surface area (Å²) in [5.41, 5.74) is 9.51. The predicted molar refractivity (Wildman–Crippen MR) is 78.5 cm³/mol. The van der Waals surface area contributed by atoms with E-state index in [4.69, 9.17) is 10.3 Å². The molecule has 0 aliphatic carbocycles. The average Bonchev–Trinajstić information content (AvgIpc) is 2.89. The van der Waals surface area contributed by atoms with Crippen molar-refractivity contribution < 1.29 is 18.3 Å². The van der Waals surface area contributed by atoms with Crippen molar-refractivity contribution in [2.24, 2.45) is 5.22 Å². The third-order valence-corrected chi connectivity index (χ3v) is 3.10. The van der Waals surface area contributed by atoms with Gasteiger partial charge in [-0.2, -0.15) is 14.3 Å². The van der Waals surface area contributed by atoms with Gasteiger partial charge in [-0.15, -0.1) is 0 Å². The Bertz CT molecular complexity index is 702. The van der Waals surface area contributed by atoms with E-state index in [2.05, 4.69) is 10.5 Å². The van der Waals surface area contributed by atoms with Crippen LogP contribution in [0.3, 0.4) is 0 Å². The average molecular weight is 323 g/mol. The molecule has 0 fully saturated rings. The van der Waals surface area contributed by atoms with Crippen molar-refractivity contribution in [1.29, 1.82) is 5.53 Å². The van der Waals surface area contributed by atoms with Gasteiger partial charge in [-0.3, -0.25) is 4.57 Å². The van der Waals surface area contributed by atoms with Gasteiger partial charge < -0.3 is 10.1 Å². The number of hydrogen-bond acceptors (Lipinski definition) is 4. The number of para-hydroxylation sites is 1. The van der Waals surface area contributed by atoms with Gasteiger partial charge in [-0.05, 0) is 24.6 Å². The third-order valence-electron chi connectivity index (χ3n) is 3.10. The van der Waals surface area contributed by atoms with E-state index >= 15 is 0 Å². The minimum Gasteiger partial charge on any atom is -0.487 e. The van der Waals surface area contributed by atoms with Gasteiger partial charge in [0.1, 0.15) is 12.4 Å². The summed E-state index contributed by atoms with van der Waals surface area (Å²) in [5, 5.41) is 5.05. The first-order chi connectivity index (χ1) is 11.0. The summed E-state index contributed by atoms with van der Waals surface area (Å²) in [6.07, 6.45) is 1.15. The molecule has 2 amide bonds. The minimum absolute atomic E-state index is 0.100. The molecule has 0 unspecified atom stereocenters. The maximum atomic E-state index is 13.1. The molecule has 0 saturated carbocycles. The molecule has 0 radical (unpaired) electrons.